The summed E-state index contributed by atoms with van der Waals surface area (Å²) in [7, 11) is 0. The number of benzene rings is 2. The third kappa shape index (κ3) is 2.44. The van der Waals surface area contributed by atoms with Crippen LogP contribution < -0.4 is 10.6 Å². The molecular weight excluding hydrogens is 328 g/mol. The van der Waals surface area contributed by atoms with E-state index in [4.69, 9.17) is 5.73 Å². The van der Waals surface area contributed by atoms with Crippen LogP contribution in [-0.2, 0) is 6.42 Å². The summed E-state index contributed by atoms with van der Waals surface area (Å²) < 4.78 is 0.826. The highest BCUT2D eigenvalue weighted by atomic mass is 79.9. The number of halogens is 1. The Morgan fingerprint density at radius 2 is 2.00 bits per heavy atom. The highest BCUT2D eigenvalue weighted by Gasteiger charge is 2.27. The second-order valence-electron chi connectivity index (χ2n) is 5.53. The Kier molecular flexibility index (Phi) is 3.49. The third-order valence-corrected chi connectivity index (χ3v) is 4.65. The molecule has 3 rings (SSSR count). The van der Waals surface area contributed by atoms with Crippen LogP contribution in [0.15, 0.2) is 34.8 Å². The van der Waals surface area contributed by atoms with Crippen LogP contribution in [-0.4, -0.2) is 12.5 Å². The second-order valence-corrected chi connectivity index (χ2v) is 6.38. The van der Waals surface area contributed by atoms with Gasteiger partial charge in [-0.25, -0.2) is 0 Å². The van der Waals surface area contributed by atoms with Gasteiger partial charge in [0.2, 0.25) is 0 Å². The van der Waals surface area contributed by atoms with Gasteiger partial charge in [-0.15, -0.1) is 0 Å². The lowest BCUT2D eigenvalue weighted by molar-refractivity contribution is 0.0988. The van der Waals surface area contributed by atoms with Crippen LogP contribution in [0.25, 0.3) is 0 Å². The van der Waals surface area contributed by atoms with Gasteiger partial charge in [0.05, 0.1) is 5.56 Å². The molecule has 3 nitrogen and oxygen atoms in total. The number of nitrogens with zero attached hydrogens (tertiary/aromatic N) is 1. The van der Waals surface area contributed by atoms with E-state index in [9.17, 15) is 4.79 Å². The minimum absolute atomic E-state index is 0.0209. The second kappa shape index (κ2) is 5.19. The highest BCUT2D eigenvalue weighted by Crippen LogP contribution is 2.34. The fraction of sp³-hybridized carbons (Fsp3) is 0.235. The number of hydrogen-bond donors (Lipinski definition) is 1. The molecule has 108 valence electrons. The number of carbonyl (C=O) groups excluding carboxylic acids is 1. The largest absolute Gasteiger partial charge is 0.398 e. The average molecular weight is 345 g/mol. The molecule has 2 N–H and O–H groups in total. The number of nitrogens with two attached hydrogens (primary N) is 1. The van der Waals surface area contributed by atoms with Gasteiger partial charge in [0.25, 0.3) is 5.91 Å². The van der Waals surface area contributed by atoms with Crippen LogP contribution in [0.5, 0.6) is 0 Å². The maximum Gasteiger partial charge on any atom is 0.259 e. The van der Waals surface area contributed by atoms with Crippen molar-refractivity contribution < 1.29 is 4.79 Å². The molecule has 0 saturated heterocycles. The Morgan fingerprint density at radius 1 is 1.24 bits per heavy atom. The SMILES string of the molecule is Cc1ccc(Br)c(C(=O)N2CCc3cc(C)c(N)cc32)c1. The van der Waals surface area contributed by atoms with Crippen LogP contribution in [0, 0.1) is 13.8 Å². The van der Waals surface area contributed by atoms with Crippen LogP contribution in [0.2, 0.25) is 0 Å². The first-order chi connectivity index (χ1) is 9.97. The minimum atomic E-state index is 0.0209. The molecule has 4 heteroatoms. The van der Waals surface area contributed by atoms with Crippen molar-refractivity contribution in [1.29, 1.82) is 0 Å². The van der Waals surface area contributed by atoms with E-state index < -0.39 is 0 Å². The zero-order valence-corrected chi connectivity index (χ0v) is 13.7. The first kappa shape index (κ1) is 14.1. The van der Waals surface area contributed by atoms with Crippen molar-refractivity contribution in [3.8, 4) is 0 Å². The lowest BCUT2D eigenvalue weighted by atomic mass is 10.1. The van der Waals surface area contributed by atoms with E-state index >= 15 is 0 Å². The molecule has 0 radical (unpaired) electrons. The molecule has 0 unspecified atom stereocenters. The van der Waals surface area contributed by atoms with Crippen molar-refractivity contribution in [3.05, 3.63) is 57.1 Å². The number of hydrogen-bond acceptors (Lipinski definition) is 2. The summed E-state index contributed by atoms with van der Waals surface area (Å²) in [5.74, 6) is 0.0209. The van der Waals surface area contributed by atoms with Crippen molar-refractivity contribution in [2.75, 3.05) is 17.2 Å². The van der Waals surface area contributed by atoms with Gasteiger partial charge < -0.3 is 10.6 Å². The Labute approximate surface area is 132 Å². The van der Waals surface area contributed by atoms with E-state index in [0.29, 0.717) is 12.1 Å². The number of aryl methyl sites for hydroxylation is 2. The van der Waals surface area contributed by atoms with Gasteiger partial charge in [0, 0.05) is 22.4 Å². The molecule has 2 aromatic rings. The predicted molar refractivity (Wildman–Crippen MR) is 89.9 cm³/mol. The molecule has 0 atom stereocenters. The van der Waals surface area contributed by atoms with Gasteiger partial charge in [-0.05, 0) is 65.5 Å². The van der Waals surface area contributed by atoms with E-state index in [-0.39, 0.29) is 5.91 Å². The summed E-state index contributed by atoms with van der Waals surface area (Å²) in [5, 5.41) is 0. The van der Waals surface area contributed by atoms with E-state index in [1.165, 1.54) is 5.56 Å². The fourth-order valence-corrected chi connectivity index (χ4v) is 3.15. The van der Waals surface area contributed by atoms with Crippen molar-refractivity contribution in [2.24, 2.45) is 0 Å². The van der Waals surface area contributed by atoms with Crippen molar-refractivity contribution >= 4 is 33.2 Å². The van der Waals surface area contributed by atoms with Crippen LogP contribution >= 0.6 is 15.9 Å². The molecule has 1 heterocycles. The third-order valence-electron chi connectivity index (χ3n) is 3.96. The van der Waals surface area contributed by atoms with Gasteiger partial charge in [-0.3, -0.25) is 4.79 Å². The molecule has 0 spiro atoms. The molecule has 0 aromatic heterocycles. The summed E-state index contributed by atoms with van der Waals surface area (Å²) in [6.45, 7) is 4.69. The van der Waals surface area contributed by atoms with Crippen LogP contribution in [0.4, 0.5) is 11.4 Å². The number of nitrogen functional groups attached to an aromatic ring is 1. The summed E-state index contributed by atoms with van der Waals surface area (Å²) in [4.78, 5) is 14.7. The Hall–Kier alpha value is -1.81. The van der Waals surface area contributed by atoms with Gasteiger partial charge >= 0.3 is 0 Å². The van der Waals surface area contributed by atoms with E-state index in [1.807, 2.05) is 43.0 Å². The molecule has 2 aromatic carbocycles. The van der Waals surface area contributed by atoms with Gasteiger partial charge in [0.1, 0.15) is 0 Å². The number of amides is 1. The first-order valence-corrected chi connectivity index (χ1v) is 7.73. The standard InChI is InChI=1S/C17H17BrN2O/c1-10-3-4-14(18)13(7-10)17(21)20-6-5-12-8-11(2)15(19)9-16(12)20/h3-4,7-9H,5-6,19H2,1-2H3. The van der Waals surface area contributed by atoms with Crippen molar-refractivity contribution in [1.82, 2.24) is 0 Å². The molecule has 0 aliphatic carbocycles. The molecule has 0 saturated carbocycles. The molecule has 1 amide bonds. The average Bonchev–Trinajstić information content (AvgIpc) is 2.84. The Balaban J connectivity index is 2.02. The lowest BCUT2D eigenvalue weighted by Crippen LogP contribution is -2.29. The zero-order valence-electron chi connectivity index (χ0n) is 12.1. The molecule has 0 bridgehead atoms. The molecule has 0 fully saturated rings. The van der Waals surface area contributed by atoms with E-state index in [1.54, 1.807) is 0 Å². The molecular formula is C17H17BrN2O. The predicted octanol–water partition coefficient (Wildman–Crippen LogP) is 3.85. The van der Waals surface area contributed by atoms with E-state index in [2.05, 4.69) is 22.0 Å². The molecule has 1 aliphatic heterocycles. The van der Waals surface area contributed by atoms with Gasteiger partial charge in [0.15, 0.2) is 0 Å². The van der Waals surface area contributed by atoms with Gasteiger partial charge in [-0.1, -0.05) is 17.7 Å². The minimum Gasteiger partial charge on any atom is -0.398 e. The van der Waals surface area contributed by atoms with Crippen LogP contribution in [0.1, 0.15) is 27.0 Å². The van der Waals surface area contributed by atoms with E-state index in [0.717, 1.165) is 33.4 Å². The number of carbonyl (C=O) groups is 1. The summed E-state index contributed by atoms with van der Waals surface area (Å²) in [5.41, 5.74) is 11.7. The summed E-state index contributed by atoms with van der Waals surface area (Å²) >= 11 is 3.47. The molecule has 1 aliphatic rings. The summed E-state index contributed by atoms with van der Waals surface area (Å²) in [6, 6.07) is 9.83. The Bertz CT molecular complexity index is 740. The Morgan fingerprint density at radius 3 is 2.76 bits per heavy atom. The number of rotatable bonds is 1. The normalized spacial score (nSPS) is 13.4. The zero-order chi connectivity index (χ0) is 15.1. The molecule has 21 heavy (non-hydrogen) atoms. The number of anilines is 2. The van der Waals surface area contributed by atoms with Crippen LogP contribution in [0.3, 0.4) is 0 Å². The highest BCUT2D eigenvalue weighted by molar-refractivity contribution is 9.10. The topological polar surface area (TPSA) is 46.3 Å². The smallest absolute Gasteiger partial charge is 0.259 e. The number of fused-ring (bicyclic) bond motifs is 1. The van der Waals surface area contributed by atoms with Gasteiger partial charge in [-0.2, -0.15) is 0 Å². The lowest BCUT2D eigenvalue weighted by Gasteiger charge is -2.19. The fourth-order valence-electron chi connectivity index (χ4n) is 2.74. The summed E-state index contributed by atoms with van der Waals surface area (Å²) in [6.07, 6.45) is 0.881. The van der Waals surface area contributed by atoms with Crippen molar-refractivity contribution in [2.45, 2.75) is 20.3 Å². The first-order valence-electron chi connectivity index (χ1n) is 6.94. The monoisotopic (exact) mass is 344 g/mol. The maximum absolute atomic E-state index is 12.8. The quantitative estimate of drug-likeness (QED) is 0.798. The maximum atomic E-state index is 12.8. The van der Waals surface area contributed by atoms with Crippen molar-refractivity contribution in [3.63, 3.8) is 0 Å².